The topological polar surface area (TPSA) is 64.3 Å². The van der Waals surface area contributed by atoms with E-state index in [0.29, 0.717) is 0 Å². The number of rotatable bonds is 2. The van der Waals surface area contributed by atoms with Crippen molar-refractivity contribution in [3.8, 4) is 6.07 Å². The summed E-state index contributed by atoms with van der Waals surface area (Å²) in [7, 11) is 0. The van der Waals surface area contributed by atoms with Crippen LogP contribution < -0.4 is 0 Å². The summed E-state index contributed by atoms with van der Waals surface area (Å²) >= 11 is 0. The van der Waals surface area contributed by atoms with Gasteiger partial charge in [0.2, 0.25) is 0 Å². The summed E-state index contributed by atoms with van der Waals surface area (Å²) in [5, 5.41) is 17.4. The number of carbonyl (C=O) groups excluding carboxylic acids is 1. The minimum absolute atomic E-state index is 0.00255. The van der Waals surface area contributed by atoms with Gasteiger partial charge in [0.15, 0.2) is 0 Å². The molecule has 5 heteroatoms. The summed E-state index contributed by atoms with van der Waals surface area (Å²) in [5.41, 5.74) is 0.00255. The van der Waals surface area contributed by atoms with Gasteiger partial charge in [-0.2, -0.15) is 5.26 Å². The average molecular weight is 194 g/mol. The SMILES string of the molecule is N#CCN(O)C(=O)c1cccc(F)c1. The monoisotopic (exact) mass is 194 g/mol. The van der Waals surface area contributed by atoms with E-state index in [4.69, 9.17) is 10.5 Å². The van der Waals surface area contributed by atoms with E-state index in [1.165, 1.54) is 18.2 Å². The first-order valence-electron chi connectivity index (χ1n) is 3.78. The van der Waals surface area contributed by atoms with Gasteiger partial charge in [-0.25, -0.2) is 9.45 Å². The Hall–Kier alpha value is -1.93. The van der Waals surface area contributed by atoms with Crippen molar-refractivity contribution in [1.82, 2.24) is 5.06 Å². The van der Waals surface area contributed by atoms with Gasteiger partial charge in [0.05, 0.1) is 6.07 Å². The summed E-state index contributed by atoms with van der Waals surface area (Å²) in [5.74, 6) is -1.37. The normalized spacial score (nSPS) is 9.21. The van der Waals surface area contributed by atoms with Gasteiger partial charge < -0.3 is 0 Å². The number of nitrogens with zero attached hydrogens (tertiary/aromatic N) is 2. The van der Waals surface area contributed by atoms with Gasteiger partial charge >= 0.3 is 0 Å². The van der Waals surface area contributed by atoms with Crippen molar-refractivity contribution in [3.63, 3.8) is 0 Å². The van der Waals surface area contributed by atoms with E-state index >= 15 is 0 Å². The van der Waals surface area contributed by atoms with Gasteiger partial charge in [0, 0.05) is 5.56 Å². The highest BCUT2D eigenvalue weighted by atomic mass is 19.1. The molecular formula is C9H7FN2O2. The van der Waals surface area contributed by atoms with Crippen molar-refractivity contribution >= 4 is 5.91 Å². The molecule has 0 aromatic heterocycles. The van der Waals surface area contributed by atoms with Crippen LogP contribution in [0.1, 0.15) is 10.4 Å². The summed E-state index contributed by atoms with van der Waals surface area (Å²) in [6.45, 7) is -0.449. The smallest absolute Gasteiger partial charge is 0.278 e. The lowest BCUT2D eigenvalue weighted by molar-refractivity contribution is -0.0482. The number of benzene rings is 1. The first kappa shape index (κ1) is 10.2. The van der Waals surface area contributed by atoms with Crippen LogP contribution in [-0.4, -0.2) is 22.7 Å². The van der Waals surface area contributed by atoms with Gasteiger partial charge in [-0.05, 0) is 18.2 Å². The molecular weight excluding hydrogens is 187 g/mol. The fourth-order valence-corrected chi connectivity index (χ4v) is 0.909. The van der Waals surface area contributed by atoms with Crippen LogP contribution in [0.25, 0.3) is 0 Å². The first-order valence-corrected chi connectivity index (χ1v) is 3.78. The summed E-state index contributed by atoms with van der Waals surface area (Å²) in [4.78, 5) is 11.2. The van der Waals surface area contributed by atoms with Crippen molar-refractivity contribution in [3.05, 3.63) is 35.6 Å². The minimum Gasteiger partial charge on any atom is -0.285 e. The predicted octanol–water partition coefficient (Wildman–Crippen LogP) is 1.18. The number of carbonyl (C=O) groups is 1. The number of nitriles is 1. The maximum Gasteiger partial charge on any atom is 0.278 e. The Kier molecular flexibility index (Phi) is 3.15. The average Bonchev–Trinajstić information content (AvgIpc) is 2.17. The summed E-state index contributed by atoms with van der Waals surface area (Å²) < 4.78 is 12.7. The van der Waals surface area contributed by atoms with E-state index in [1.807, 2.05) is 0 Å². The maximum absolute atomic E-state index is 12.7. The van der Waals surface area contributed by atoms with E-state index in [2.05, 4.69) is 0 Å². The molecule has 1 amide bonds. The van der Waals surface area contributed by atoms with Gasteiger partial charge in [0.25, 0.3) is 5.91 Å². The lowest BCUT2D eigenvalue weighted by atomic mass is 10.2. The fraction of sp³-hybridized carbons (Fsp3) is 0.111. The molecule has 14 heavy (non-hydrogen) atoms. The van der Waals surface area contributed by atoms with Crippen LogP contribution >= 0.6 is 0 Å². The van der Waals surface area contributed by atoms with Crippen LogP contribution in [0.15, 0.2) is 24.3 Å². The molecule has 1 aromatic rings. The molecule has 0 spiro atoms. The van der Waals surface area contributed by atoms with Crippen LogP contribution in [0.5, 0.6) is 0 Å². The van der Waals surface area contributed by atoms with Gasteiger partial charge in [-0.3, -0.25) is 10.0 Å². The Balaban J connectivity index is 2.85. The van der Waals surface area contributed by atoms with Crippen LogP contribution in [0.4, 0.5) is 4.39 Å². The highest BCUT2D eigenvalue weighted by molar-refractivity contribution is 5.93. The molecule has 72 valence electrons. The van der Waals surface area contributed by atoms with Gasteiger partial charge in [-0.1, -0.05) is 6.07 Å². The number of hydrogen-bond donors (Lipinski definition) is 1. The third-order valence-corrected chi connectivity index (χ3v) is 1.53. The second-order valence-electron chi connectivity index (χ2n) is 2.53. The van der Waals surface area contributed by atoms with E-state index in [0.717, 1.165) is 6.07 Å². The van der Waals surface area contributed by atoms with Crippen molar-refractivity contribution in [2.75, 3.05) is 6.54 Å². The zero-order valence-corrected chi connectivity index (χ0v) is 7.14. The fourth-order valence-electron chi connectivity index (χ4n) is 0.909. The second-order valence-corrected chi connectivity index (χ2v) is 2.53. The molecule has 0 unspecified atom stereocenters. The van der Waals surface area contributed by atoms with Crippen LogP contribution in [0, 0.1) is 17.1 Å². The first-order chi connectivity index (χ1) is 6.65. The molecule has 1 rings (SSSR count). The third kappa shape index (κ3) is 2.28. The molecule has 0 aliphatic rings. The van der Waals surface area contributed by atoms with Gasteiger partial charge in [-0.15, -0.1) is 0 Å². The highest BCUT2D eigenvalue weighted by Crippen LogP contribution is 2.05. The third-order valence-electron chi connectivity index (χ3n) is 1.53. The number of hydrogen-bond acceptors (Lipinski definition) is 3. The standard InChI is InChI=1S/C9H7FN2O2/c10-8-3-1-2-7(6-8)9(13)12(14)5-4-11/h1-3,6,14H,5H2. The van der Waals surface area contributed by atoms with Crippen molar-refractivity contribution in [2.45, 2.75) is 0 Å². The number of hydroxylamine groups is 2. The lowest BCUT2D eigenvalue weighted by Gasteiger charge is -2.10. The number of halogens is 1. The van der Waals surface area contributed by atoms with Crippen LogP contribution in [0.3, 0.4) is 0 Å². The molecule has 0 saturated heterocycles. The molecule has 0 aliphatic heterocycles. The Bertz CT molecular complexity index is 387. The predicted molar refractivity (Wildman–Crippen MR) is 44.8 cm³/mol. The lowest BCUT2D eigenvalue weighted by Crippen LogP contribution is -2.27. The van der Waals surface area contributed by atoms with Crippen LogP contribution in [-0.2, 0) is 0 Å². The Morgan fingerprint density at radius 2 is 2.36 bits per heavy atom. The molecule has 1 N–H and O–H groups in total. The molecule has 0 atom stereocenters. The molecule has 0 saturated carbocycles. The van der Waals surface area contributed by atoms with Gasteiger partial charge in [0.1, 0.15) is 12.4 Å². The highest BCUT2D eigenvalue weighted by Gasteiger charge is 2.13. The quantitative estimate of drug-likeness (QED) is 0.436. The molecule has 0 aliphatic carbocycles. The molecule has 0 fully saturated rings. The summed E-state index contributed by atoms with van der Waals surface area (Å²) in [6, 6.07) is 6.47. The second kappa shape index (κ2) is 4.35. The van der Waals surface area contributed by atoms with Crippen molar-refractivity contribution in [2.24, 2.45) is 0 Å². The van der Waals surface area contributed by atoms with Crippen molar-refractivity contribution < 1.29 is 14.4 Å². The Morgan fingerprint density at radius 1 is 1.64 bits per heavy atom. The maximum atomic E-state index is 12.7. The van der Waals surface area contributed by atoms with E-state index in [-0.39, 0.29) is 10.6 Å². The zero-order chi connectivity index (χ0) is 10.6. The molecule has 0 heterocycles. The minimum atomic E-state index is -0.800. The Labute approximate surface area is 79.8 Å². The largest absolute Gasteiger partial charge is 0.285 e. The van der Waals surface area contributed by atoms with E-state index < -0.39 is 18.3 Å². The Morgan fingerprint density at radius 3 is 2.93 bits per heavy atom. The molecule has 0 bridgehead atoms. The number of amides is 1. The zero-order valence-electron chi connectivity index (χ0n) is 7.14. The van der Waals surface area contributed by atoms with Crippen molar-refractivity contribution in [1.29, 1.82) is 5.26 Å². The van der Waals surface area contributed by atoms with Crippen LogP contribution in [0.2, 0.25) is 0 Å². The summed E-state index contributed by atoms with van der Waals surface area (Å²) in [6.07, 6.45) is 0. The van der Waals surface area contributed by atoms with E-state index in [9.17, 15) is 9.18 Å². The molecule has 4 nitrogen and oxygen atoms in total. The molecule has 1 aromatic carbocycles. The van der Waals surface area contributed by atoms with E-state index in [1.54, 1.807) is 6.07 Å². The molecule has 0 radical (unpaired) electrons.